The summed E-state index contributed by atoms with van der Waals surface area (Å²) in [6, 6.07) is 27.6. The van der Waals surface area contributed by atoms with Gasteiger partial charge in [-0.1, -0.05) is 65.4 Å². The first-order valence-corrected chi connectivity index (χ1v) is 11.6. The van der Waals surface area contributed by atoms with Gasteiger partial charge in [0.2, 0.25) is 5.16 Å². The highest BCUT2D eigenvalue weighted by Crippen LogP contribution is 2.21. The molecule has 0 bridgehead atoms. The molecule has 1 N–H and O–H groups in total. The molecule has 0 amide bonds. The van der Waals surface area contributed by atoms with E-state index in [0.29, 0.717) is 11.8 Å². The number of benzene rings is 3. The molecule has 0 saturated carbocycles. The average molecular weight is 472 g/mol. The van der Waals surface area contributed by atoms with Gasteiger partial charge >= 0.3 is 6.01 Å². The largest absolute Gasteiger partial charge is 0.423 e. The zero-order valence-electron chi connectivity index (χ0n) is 18.1. The summed E-state index contributed by atoms with van der Waals surface area (Å²) in [5, 5.41) is 27.9. The number of tetrazole rings is 2. The van der Waals surface area contributed by atoms with Crippen LogP contribution in [0.1, 0.15) is 5.56 Å². The topological polar surface area (TPSA) is 108 Å². The lowest BCUT2D eigenvalue weighted by molar-refractivity contribution is 0.427. The smallest absolute Gasteiger partial charge is 0.345 e. The van der Waals surface area contributed by atoms with Crippen LogP contribution in [0.5, 0.6) is 11.8 Å². The van der Waals surface area contributed by atoms with Crippen LogP contribution in [0.25, 0.3) is 11.4 Å². The maximum Gasteiger partial charge on any atom is 0.345 e. The molecule has 3 aromatic carbocycles. The number of hydrogen-bond acceptors (Lipinski definition) is 9. The Labute approximate surface area is 200 Å². The van der Waals surface area contributed by atoms with E-state index in [4.69, 9.17) is 4.74 Å². The van der Waals surface area contributed by atoms with Crippen molar-refractivity contribution in [3.05, 3.63) is 90.5 Å². The molecule has 10 nitrogen and oxygen atoms in total. The molecule has 0 atom stereocenters. The Morgan fingerprint density at radius 1 is 0.735 bits per heavy atom. The van der Waals surface area contributed by atoms with Crippen LogP contribution in [0.15, 0.2) is 90.1 Å². The summed E-state index contributed by atoms with van der Waals surface area (Å²) >= 11 is 1.61. The fourth-order valence-electron chi connectivity index (χ4n) is 3.20. The normalized spacial score (nSPS) is 10.9. The van der Waals surface area contributed by atoms with Crippen LogP contribution in [-0.2, 0) is 6.54 Å². The first kappa shape index (κ1) is 21.7. The van der Waals surface area contributed by atoms with Gasteiger partial charge in [-0.05, 0) is 62.8 Å². The summed E-state index contributed by atoms with van der Waals surface area (Å²) in [4.78, 5) is 0. The van der Waals surface area contributed by atoms with Crippen molar-refractivity contribution in [1.29, 1.82) is 0 Å². The van der Waals surface area contributed by atoms with Crippen LogP contribution in [0, 0.1) is 0 Å². The van der Waals surface area contributed by atoms with Gasteiger partial charge in [-0.2, -0.15) is 9.36 Å². The maximum atomic E-state index is 5.87. The lowest BCUT2D eigenvalue weighted by atomic mass is 10.2. The van der Waals surface area contributed by atoms with E-state index in [-0.39, 0.29) is 0 Å². The van der Waals surface area contributed by atoms with Crippen LogP contribution in [-0.4, -0.2) is 52.7 Å². The Morgan fingerprint density at radius 3 is 2.12 bits per heavy atom. The fraction of sp³-hybridized carbons (Fsp3) is 0.130. The van der Waals surface area contributed by atoms with Crippen molar-refractivity contribution in [1.82, 2.24) is 45.7 Å². The minimum atomic E-state index is 0.312. The molecule has 0 spiro atoms. The molecule has 0 unspecified atom stereocenters. The van der Waals surface area contributed by atoms with Gasteiger partial charge in [-0.15, -0.1) is 5.10 Å². The highest BCUT2D eigenvalue weighted by Gasteiger charge is 2.11. The second-order valence-corrected chi connectivity index (χ2v) is 8.25. The monoisotopic (exact) mass is 471 g/mol. The van der Waals surface area contributed by atoms with Gasteiger partial charge in [0.15, 0.2) is 0 Å². The van der Waals surface area contributed by atoms with E-state index < -0.39 is 0 Å². The van der Waals surface area contributed by atoms with Crippen molar-refractivity contribution in [2.45, 2.75) is 11.7 Å². The molecule has 2 heterocycles. The molecule has 5 aromatic rings. The second-order valence-electron chi connectivity index (χ2n) is 7.19. The number of rotatable bonds is 10. The highest BCUT2D eigenvalue weighted by molar-refractivity contribution is 7.99. The lowest BCUT2D eigenvalue weighted by Gasteiger charge is -2.08. The van der Waals surface area contributed by atoms with Gasteiger partial charge < -0.3 is 10.1 Å². The molecule has 34 heavy (non-hydrogen) atoms. The molecule has 0 radical (unpaired) electrons. The van der Waals surface area contributed by atoms with Crippen molar-refractivity contribution >= 4 is 11.8 Å². The minimum Gasteiger partial charge on any atom is -0.423 e. The number of thioether (sulfide) groups is 1. The van der Waals surface area contributed by atoms with Crippen LogP contribution < -0.4 is 10.1 Å². The molecule has 5 rings (SSSR count). The predicted molar refractivity (Wildman–Crippen MR) is 127 cm³/mol. The van der Waals surface area contributed by atoms with Crippen molar-refractivity contribution in [3.63, 3.8) is 0 Å². The van der Waals surface area contributed by atoms with E-state index in [1.807, 2.05) is 84.9 Å². The molecular formula is C23H21N9OS. The van der Waals surface area contributed by atoms with Gasteiger partial charge in [0.1, 0.15) is 5.75 Å². The average Bonchev–Trinajstić information content (AvgIpc) is 3.56. The third-order valence-corrected chi connectivity index (χ3v) is 5.78. The van der Waals surface area contributed by atoms with E-state index in [1.165, 1.54) is 0 Å². The van der Waals surface area contributed by atoms with E-state index in [9.17, 15) is 0 Å². The van der Waals surface area contributed by atoms with Crippen LogP contribution >= 0.6 is 11.8 Å². The lowest BCUT2D eigenvalue weighted by Crippen LogP contribution is -2.16. The van der Waals surface area contributed by atoms with Gasteiger partial charge in [0.05, 0.1) is 11.4 Å². The standard InChI is InChI=1S/C23H21N9OS/c1-3-7-19(8-4-1)31-22(25-27-29-31)33-21-13-11-18(12-14-21)17-24-15-16-34-23-26-28-30-32(23)20-9-5-2-6-10-20/h1-14,24H,15-17H2. The first-order chi connectivity index (χ1) is 16.9. The van der Waals surface area contributed by atoms with E-state index in [1.54, 1.807) is 21.1 Å². The Morgan fingerprint density at radius 2 is 1.38 bits per heavy atom. The van der Waals surface area contributed by atoms with Crippen molar-refractivity contribution < 1.29 is 4.74 Å². The molecule has 0 aliphatic carbocycles. The second kappa shape index (κ2) is 10.7. The van der Waals surface area contributed by atoms with E-state index >= 15 is 0 Å². The molecule has 0 aliphatic rings. The summed E-state index contributed by atoms with van der Waals surface area (Å²) in [6.07, 6.45) is 0. The summed E-state index contributed by atoms with van der Waals surface area (Å²) in [5.41, 5.74) is 2.93. The summed E-state index contributed by atoms with van der Waals surface area (Å²) < 4.78 is 9.18. The SMILES string of the molecule is c1ccc(-n2nnnc2Oc2ccc(CNCCSc3nnnn3-c3ccccc3)cc2)cc1. The molecule has 11 heteroatoms. The maximum absolute atomic E-state index is 5.87. The Bertz CT molecular complexity index is 1310. The van der Waals surface area contributed by atoms with Crippen LogP contribution in [0.3, 0.4) is 0 Å². The number of hydrogen-bond donors (Lipinski definition) is 1. The quantitative estimate of drug-likeness (QED) is 0.242. The number of para-hydroxylation sites is 2. The van der Waals surface area contributed by atoms with Crippen molar-refractivity contribution in [3.8, 4) is 23.1 Å². The molecule has 0 saturated heterocycles. The van der Waals surface area contributed by atoms with Gasteiger partial charge in [0, 0.05) is 18.8 Å². The molecule has 0 aliphatic heterocycles. The van der Waals surface area contributed by atoms with Crippen molar-refractivity contribution in [2.24, 2.45) is 0 Å². The number of nitrogens with one attached hydrogen (secondary N) is 1. The summed E-state index contributed by atoms with van der Waals surface area (Å²) in [6.45, 7) is 1.56. The minimum absolute atomic E-state index is 0.312. The fourth-order valence-corrected chi connectivity index (χ4v) is 3.99. The first-order valence-electron chi connectivity index (χ1n) is 10.6. The van der Waals surface area contributed by atoms with Crippen molar-refractivity contribution in [2.75, 3.05) is 12.3 Å². The van der Waals surface area contributed by atoms with Crippen LogP contribution in [0.4, 0.5) is 0 Å². The predicted octanol–water partition coefficient (Wildman–Crippen LogP) is 3.31. The third-order valence-electron chi connectivity index (χ3n) is 4.85. The van der Waals surface area contributed by atoms with Crippen LogP contribution in [0.2, 0.25) is 0 Å². The van der Waals surface area contributed by atoms with E-state index in [0.717, 1.165) is 40.9 Å². The molecule has 2 aromatic heterocycles. The number of aromatic nitrogens is 8. The van der Waals surface area contributed by atoms with E-state index in [2.05, 4.69) is 36.4 Å². The Hall–Kier alpha value is -4.09. The summed E-state index contributed by atoms with van der Waals surface area (Å²) in [7, 11) is 0. The van der Waals surface area contributed by atoms with Gasteiger partial charge in [-0.25, -0.2) is 0 Å². The van der Waals surface area contributed by atoms with Gasteiger partial charge in [0.25, 0.3) is 0 Å². The Kier molecular flexibility index (Phi) is 6.83. The number of nitrogens with zero attached hydrogens (tertiary/aromatic N) is 8. The molecule has 0 fully saturated rings. The zero-order chi connectivity index (χ0) is 23.0. The summed E-state index contributed by atoms with van der Waals surface area (Å²) in [5.74, 6) is 1.51. The number of ether oxygens (including phenoxy) is 1. The van der Waals surface area contributed by atoms with Gasteiger partial charge in [-0.3, -0.25) is 0 Å². The zero-order valence-corrected chi connectivity index (χ0v) is 18.9. The third kappa shape index (κ3) is 5.27. The molecule has 170 valence electrons. The molecular weight excluding hydrogens is 450 g/mol. The highest BCUT2D eigenvalue weighted by atomic mass is 32.2. The Balaban J connectivity index is 1.09.